The van der Waals surface area contributed by atoms with Gasteiger partial charge in [0, 0.05) is 12.1 Å². The summed E-state index contributed by atoms with van der Waals surface area (Å²) in [6.45, 7) is 13.4. The van der Waals surface area contributed by atoms with Gasteiger partial charge in [-0.25, -0.2) is 0 Å². The van der Waals surface area contributed by atoms with Crippen LogP contribution in [0.15, 0.2) is 0 Å². The lowest BCUT2D eigenvalue weighted by molar-refractivity contribution is -0.0490. The summed E-state index contributed by atoms with van der Waals surface area (Å²) in [6, 6.07) is 0.395. The predicted molar refractivity (Wildman–Crippen MR) is 70.3 cm³/mol. The van der Waals surface area contributed by atoms with E-state index < -0.39 is 0 Å². The predicted octanol–water partition coefficient (Wildman–Crippen LogP) is 2.14. The summed E-state index contributed by atoms with van der Waals surface area (Å²) in [6.07, 6.45) is 0.881. The average Bonchev–Trinajstić information content (AvgIpc) is 2.10. The Bertz CT molecular complexity index is 190. The Morgan fingerprint density at radius 1 is 1.06 bits per heavy atom. The van der Waals surface area contributed by atoms with Crippen LogP contribution in [0.3, 0.4) is 0 Å². The molecule has 0 radical (unpaired) electrons. The normalized spacial score (nSPS) is 20.2. The molecule has 0 aliphatic rings. The molecule has 3 nitrogen and oxygen atoms in total. The van der Waals surface area contributed by atoms with Gasteiger partial charge in [0.1, 0.15) is 0 Å². The van der Waals surface area contributed by atoms with E-state index in [1.807, 2.05) is 13.8 Å². The van der Waals surface area contributed by atoms with E-state index in [4.69, 9.17) is 16.2 Å². The first-order chi connectivity index (χ1) is 7.15. The van der Waals surface area contributed by atoms with Crippen molar-refractivity contribution >= 4 is 0 Å². The van der Waals surface area contributed by atoms with Gasteiger partial charge in [-0.2, -0.15) is 0 Å². The fourth-order valence-electron chi connectivity index (χ4n) is 1.86. The lowest BCUT2D eigenvalue weighted by Gasteiger charge is -2.31. The molecule has 0 fully saturated rings. The van der Waals surface area contributed by atoms with Crippen molar-refractivity contribution in [2.45, 2.75) is 65.6 Å². The van der Waals surface area contributed by atoms with E-state index in [1.54, 1.807) is 0 Å². The number of nitrogens with two attached hydrogens (primary N) is 2. The van der Waals surface area contributed by atoms with Crippen molar-refractivity contribution in [3.63, 3.8) is 0 Å². The zero-order chi connectivity index (χ0) is 12.9. The van der Waals surface area contributed by atoms with Gasteiger partial charge in [-0.15, -0.1) is 0 Å². The van der Waals surface area contributed by atoms with Crippen LogP contribution in [-0.4, -0.2) is 24.3 Å². The molecule has 0 aromatic carbocycles. The van der Waals surface area contributed by atoms with Crippen LogP contribution in [0.4, 0.5) is 0 Å². The van der Waals surface area contributed by atoms with E-state index in [-0.39, 0.29) is 17.7 Å². The molecule has 0 heterocycles. The molecule has 0 amide bonds. The van der Waals surface area contributed by atoms with Crippen LogP contribution < -0.4 is 11.5 Å². The Morgan fingerprint density at radius 2 is 1.56 bits per heavy atom. The molecule has 0 aromatic heterocycles. The summed E-state index contributed by atoms with van der Waals surface area (Å²) < 4.78 is 5.94. The minimum Gasteiger partial charge on any atom is -0.375 e. The molecule has 0 spiro atoms. The van der Waals surface area contributed by atoms with Crippen molar-refractivity contribution in [3.05, 3.63) is 0 Å². The number of ether oxygens (including phenoxy) is 1. The Morgan fingerprint density at radius 3 is 1.94 bits per heavy atom. The molecule has 0 saturated carbocycles. The van der Waals surface area contributed by atoms with E-state index in [9.17, 15) is 0 Å². The Balaban J connectivity index is 4.03. The molecule has 16 heavy (non-hydrogen) atoms. The van der Waals surface area contributed by atoms with Crippen molar-refractivity contribution in [1.82, 2.24) is 0 Å². The maximum atomic E-state index is 5.94. The third-order valence-corrected chi connectivity index (χ3v) is 3.28. The smallest absolute Gasteiger partial charge is 0.0641 e. The summed E-state index contributed by atoms with van der Waals surface area (Å²) in [5, 5.41) is 0. The van der Waals surface area contributed by atoms with Crippen LogP contribution in [0, 0.1) is 11.8 Å². The van der Waals surface area contributed by atoms with Gasteiger partial charge < -0.3 is 16.2 Å². The average molecular weight is 230 g/mol. The molecule has 0 rings (SSSR count). The summed E-state index contributed by atoms with van der Waals surface area (Å²) in [4.78, 5) is 0. The van der Waals surface area contributed by atoms with E-state index in [0.29, 0.717) is 11.8 Å². The first-order valence-electron chi connectivity index (χ1n) is 6.31. The van der Waals surface area contributed by atoms with Crippen LogP contribution in [0.1, 0.15) is 48.0 Å². The summed E-state index contributed by atoms with van der Waals surface area (Å²) in [5.41, 5.74) is 11.5. The maximum absolute atomic E-state index is 5.94. The largest absolute Gasteiger partial charge is 0.375 e. The number of rotatable bonds is 7. The van der Waals surface area contributed by atoms with Crippen molar-refractivity contribution in [2.24, 2.45) is 23.3 Å². The first-order valence-corrected chi connectivity index (χ1v) is 6.31. The molecule has 0 aromatic rings. The molecule has 0 aliphatic heterocycles. The number of hydrogen-bond acceptors (Lipinski definition) is 3. The van der Waals surface area contributed by atoms with Crippen molar-refractivity contribution in [3.8, 4) is 0 Å². The summed E-state index contributed by atoms with van der Waals surface area (Å²) in [5.74, 6) is 0.957. The van der Waals surface area contributed by atoms with Gasteiger partial charge in [-0.1, -0.05) is 13.8 Å². The molecule has 3 heteroatoms. The van der Waals surface area contributed by atoms with Crippen LogP contribution in [0.5, 0.6) is 0 Å². The summed E-state index contributed by atoms with van der Waals surface area (Å²) in [7, 11) is 0. The quantitative estimate of drug-likeness (QED) is 0.704. The van der Waals surface area contributed by atoms with Crippen molar-refractivity contribution in [2.75, 3.05) is 6.61 Å². The van der Waals surface area contributed by atoms with Gasteiger partial charge in [0.25, 0.3) is 0 Å². The molecule has 98 valence electrons. The molecule has 0 bridgehead atoms. The number of hydrogen-bond donors (Lipinski definition) is 2. The molecular formula is C13H30N2O. The van der Waals surface area contributed by atoms with E-state index in [1.165, 1.54) is 0 Å². The Hall–Kier alpha value is -0.120. The first kappa shape index (κ1) is 15.9. The van der Waals surface area contributed by atoms with Crippen LogP contribution in [-0.2, 0) is 4.74 Å². The highest BCUT2D eigenvalue weighted by Crippen LogP contribution is 2.21. The second kappa shape index (κ2) is 6.58. The summed E-state index contributed by atoms with van der Waals surface area (Å²) >= 11 is 0. The van der Waals surface area contributed by atoms with Crippen LogP contribution >= 0.6 is 0 Å². The maximum Gasteiger partial charge on any atom is 0.0641 e. The third-order valence-electron chi connectivity index (χ3n) is 3.28. The molecule has 0 saturated heterocycles. The van der Waals surface area contributed by atoms with Gasteiger partial charge >= 0.3 is 0 Å². The Kier molecular flexibility index (Phi) is 6.53. The van der Waals surface area contributed by atoms with Crippen LogP contribution in [0.2, 0.25) is 0 Å². The van der Waals surface area contributed by atoms with Gasteiger partial charge in [-0.3, -0.25) is 0 Å². The molecule has 4 atom stereocenters. The fourth-order valence-corrected chi connectivity index (χ4v) is 1.86. The van der Waals surface area contributed by atoms with Crippen molar-refractivity contribution in [1.29, 1.82) is 0 Å². The van der Waals surface area contributed by atoms with Gasteiger partial charge in [-0.05, 0) is 46.0 Å². The fraction of sp³-hybridized carbons (Fsp3) is 1.00. The van der Waals surface area contributed by atoms with Gasteiger partial charge in [0.05, 0.1) is 12.2 Å². The molecular weight excluding hydrogens is 200 g/mol. The third kappa shape index (κ3) is 6.46. The molecule has 0 aliphatic carbocycles. The highest BCUT2D eigenvalue weighted by Gasteiger charge is 2.23. The standard InChI is InChI=1S/C13H30N2O/c1-9(11(3)12(4)15)8-16-13(5,6)7-10(2)14/h9-12H,7-8,14-15H2,1-6H3. The van der Waals surface area contributed by atoms with Gasteiger partial charge in [0.2, 0.25) is 0 Å². The zero-order valence-corrected chi connectivity index (χ0v) is 11.8. The van der Waals surface area contributed by atoms with Crippen LogP contribution in [0.25, 0.3) is 0 Å². The Labute approximate surface area is 101 Å². The minimum absolute atomic E-state index is 0.139. The van der Waals surface area contributed by atoms with E-state index in [0.717, 1.165) is 13.0 Å². The SMILES string of the molecule is CC(N)CC(C)(C)OCC(C)C(C)C(C)N. The molecule has 4 unspecified atom stereocenters. The monoisotopic (exact) mass is 230 g/mol. The second-order valence-corrected chi connectivity index (χ2v) is 5.95. The second-order valence-electron chi connectivity index (χ2n) is 5.95. The highest BCUT2D eigenvalue weighted by atomic mass is 16.5. The van der Waals surface area contributed by atoms with E-state index >= 15 is 0 Å². The molecule has 4 N–H and O–H groups in total. The topological polar surface area (TPSA) is 61.3 Å². The lowest BCUT2D eigenvalue weighted by atomic mass is 9.90. The van der Waals surface area contributed by atoms with Crippen molar-refractivity contribution < 1.29 is 4.74 Å². The van der Waals surface area contributed by atoms with E-state index in [2.05, 4.69) is 27.7 Å². The lowest BCUT2D eigenvalue weighted by Crippen LogP contribution is -2.37. The zero-order valence-electron chi connectivity index (χ0n) is 11.8. The minimum atomic E-state index is -0.139. The van der Waals surface area contributed by atoms with Gasteiger partial charge in [0.15, 0.2) is 0 Å². The highest BCUT2D eigenvalue weighted by molar-refractivity contribution is 4.76.